The summed E-state index contributed by atoms with van der Waals surface area (Å²) in [4.78, 5) is 7.56. The molecule has 0 bridgehead atoms. The number of anilines is 1. The number of rotatable bonds is 3. The fraction of sp³-hybridized carbons (Fsp3) is 0. The first-order valence-corrected chi connectivity index (χ1v) is 7.89. The van der Waals surface area contributed by atoms with E-state index in [0.717, 1.165) is 15.4 Å². The zero-order valence-corrected chi connectivity index (χ0v) is 13.8. The second-order valence-electron chi connectivity index (χ2n) is 5.08. The molecule has 0 unspecified atom stereocenters. The van der Waals surface area contributed by atoms with E-state index in [1.165, 1.54) is 6.21 Å². The van der Waals surface area contributed by atoms with E-state index in [1.807, 2.05) is 24.3 Å². The number of phenolic OH excluding ortho intramolecular Hbond substituents is 1. The first kappa shape index (κ1) is 14.6. The average Bonchev–Trinajstić information content (AvgIpc) is 2.94. The molecule has 4 rings (SSSR count). The van der Waals surface area contributed by atoms with E-state index in [9.17, 15) is 5.11 Å². The number of fused-ring (bicyclic) bond motifs is 3. The summed E-state index contributed by atoms with van der Waals surface area (Å²) in [6.45, 7) is 0. The van der Waals surface area contributed by atoms with Gasteiger partial charge in [0.15, 0.2) is 5.65 Å². The maximum Gasteiger partial charge on any atom is 0.265 e. The second-order valence-corrected chi connectivity index (χ2v) is 5.99. The molecule has 2 aromatic carbocycles. The Hall–Kier alpha value is -3.00. The fourth-order valence-corrected chi connectivity index (χ4v) is 2.71. The molecule has 3 N–H and O–H groups in total. The van der Waals surface area contributed by atoms with Crippen LogP contribution in [0, 0.1) is 0 Å². The number of benzene rings is 2. The lowest BCUT2D eigenvalue weighted by Crippen LogP contribution is -1.99. The summed E-state index contributed by atoms with van der Waals surface area (Å²) >= 11 is 3.45. The molecule has 118 valence electrons. The van der Waals surface area contributed by atoms with Gasteiger partial charge in [0.1, 0.15) is 11.3 Å². The van der Waals surface area contributed by atoms with Gasteiger partial charge in [-0.15, -0.1) is 10.2 Å². The van der Waals surface area contributed by atoms with E-state index in [0.29, 0.717) is 16.7 Å². The number of para-hydroxylation sites is 1. The van der Waals surface area contributed by atoms with Crippen LogP contribution in [0.25, 0.3) is 22.1 Å². The lowest BCUT2D eigenvalue weighted by Gasteiger charge is -1.98. The van der Waals surface area contributed by atoms with Crippen molar-refractivity contribution in [3.8, 4) is 5.75 Å². The highest BCUT2D eigenvalue weighted by molar-refractivity contribution is 9.10. The first-order valence-electron chi connectivity index (χ1n) is 7.09. The Morgan fingerprint density at radius 2 is 2.04 bits per heavy atom. The van der Waals surface area contributed by atoms with E-state index < -0.39 is 0 Å². The zero-order valence-electron chi connectivity index (χ0n) is 12.2. The van der Waals surface area contributed by atoms with Crippen molar-refractivity contribution in [1.29, 1.82) is 0 Å². The summed E-state index contributed by atoms with van der Waals surface area (Å²) in [6, 6.07) is 12.8. The summed E-state index contributed by atoms with van der Waals surface area (Å²) in [5.74, 6) is 0.415. The normalized spacial score (nSPS) is 11.5. The highest BCUT2D eigenvalue weighted by Gasteiger charge is 2.09. The number of nitrogens with zero attached hydrogens (tertiary/aromatic N) is 4. The van der Waals surface area contributed by atoms with E-state index in [2.05, 4.69) is 46.6 Å². The Morgan fingerprint density at radius 1 is 1.17 bits per heavy atom. The predicted molar refractivity (Wildman–Crippen MR) is 96.2 cm³/mol. The molecule has 2 heterocycles. The van der Waals surface area contributed by atoms with Gasteiger partial charge in [-0.25, -0.2) is 5.43 Å². The van der Waals surface area contributed by atoms with Gasteiger partial charge in [-0.2, -0.15) is 10.1 Å². The zero-order chi connectivity index (χ0) is 16.5. The molecule has 0 spiro atoms. The van der Waals surface area contributed by atoms with Crippen molar-refractivity contribution in [2.24, 2.45) is 5.10 Å². The summed E-state index contributed by atoms with van der Waals surface area (Å²) < 4.78 is 0.965. The Labute approximate surface area is 144 Å². The molecule has 0 amide bonds. The minimum Gasteiger partial charge on any atom is -0.507 e. The first-order chi connectivity index (χ1) is 11.7. The highest BCUT2D eigenvalue weighted by atomic mass is 79.9. The van der Waals surface area contributed by atoms with Crippen molar-refractivity contribution in [3.05, 3.63) is 52.5 Å². The number of hydrazone groups is 1. The SMILES string of the molecule is Oc1ccccc1/C=N\Nc1nnc2c(n1)[nH]c1ccc(Br)cc12. The Bertz CT molecular complexity index is 1070. The second kappa shape index (κ2) is 5.89. The fourth-order valence-electron chi connectivity index (χ4n) is 2.35. The number of H-pyrrole nitrogens is 1. The van der Waals surface area contributed by atoms with Crippen LogP contribution in [0.2, 0.25) is 0 Å². The average molecular weight is 383 g/mol. The van der Waals surface area contributed by atoms with Crippen molar-refractivity contribution >= 4 is 50.2 Å². The number of halogens is 1. The molecular weight excluding hydrogens is 372 g/mol. The van der Waals surface area contributed by atoms with Crippen LogP contribution in [0.3, 0.4) is 0 Å². The molecule has 0 aliphatic heterocycles. The molecule has 8 heteroatoms. The van der Waals surface area contributed by atoms with Crippen LogP contribution in [0.5, 0.6) is 5.75 Å². The Morgan fingerprint density at radius 3 is 2.92 bits per heavy atom. The smallest absolute Gasteiger partial charge is 0.265 e. The van der Waals surface area contributed by atoms with Crippen LogP contribution < -0.4 is 5.43 Å². The van der Waals surface area contributed by atoms with Crippen LogP contribution in [-0.4, -0.2) is 31.5 Å². The number of aromatic amines is 1. The van der Waals surface area contributed by atoms with Crippen LogP contribution in [0.15, 0.2) is 52.0 Å². The Balaban J connectivity index is 1.63. The van der Waals surface area contributed by atoms with Gasteiger partial charge in [-0.3, -0.25) is 0 Å². The van der Waals surface area contributed by atoms with Gasteiger partial charge >= 0.3 is 0 Å². The van der Waals surface area contributed by atoms with Gasteiger partial charge < -0.3 is 10.1 Å². The monoisotopic (exact) mass is 382 g/mol. The van der Waals surface area contributed by atoms with Crippen LogP contribution >= 0.6 is 15.9 Å². The minimum absolute atomic E-state index is 0.152. The van der Waals surface area contributed by atoms with Gasteiger partial charge in [-0.1, -0.05) is 28.1 Å². The maximum atomic E-state index is 9.68. The van der Waals surface area contributed by atoms with E-state index in [4.69, 9.17) is 0 Å². The van der Waals surface area contributed by atoms with Gasteiger partial charge in [0, 0.05) is 20.9 Å². The van der Waals surface area contributed by atoms with Crippen molar-refractivity contribution in [2.45, 2.75) is 0 Å². The quantitative estimate of drug-likeness (QED) is 0.372. The van der Waals surface area contributed by atoms with Crippen molar-refractivity contribution in [3.63, 3.8) is 0 Å². The number of aromatic hydroxyl groups is 1. The molecule has 24 heavy (non-hydrogen) atoms. The van der Waals surface area contributed by atoms with E-state index >= 15 is 0 Å². The summed E-state index contributed by atoms with van der Waals surface area (Å²) in [7, 11) is 0. The molecule has 7 nitrogen and oxygen atoms in total. The molecule has 0 aliphatic rings. The summed E-state index contributed by atoms with van der Waals surface area (Å²) in [5, 5.41) is 22.9. The number of nitrogens with one attached hydrogen (secondary N) is 2. The van der Waals surface area contributed by atoms with Crippen molar-refractivity contribution in [2.75, 3.05) is 5.43 Å². The van der Waals surface area contributed by atoms with Gasteiger partial charge in [-0.05, 0) is 30.3 Å². The van der Waals surface area contributed by atoms with Crippen molar-refractivity contribution in [1.82, 2.24) is 20.2 Å². The Kier molecular flexibility index (Phi) is 3.58. The maximum absolute atomic E-state index is 9.68. The van der Waals surface area contributed by atoms with Gasteiger partial charge in [0.25, 0.3) is 5.95 Å². The lowest BCUT2D eigenvalue weighted by molar-refractivity contribution is 0.474. The topological polar surface area (TPSA) is 99.1 Å². The molecule has 0 saturated heterocycles. The molecule has 0 aliphatic carbocycles. The van der Waals surface area contributed by atoms with Crippen LogP contribution in [0.1, 0.15) is 5.56 Å². The third kappa shape index (κ3) is 2.67. The van der Waals surface area contributed by atoms with E-state index in [-0.39, 0.29) is 11.7 Å². The number of hydrogen-bond acceptors (Lipinski definition) is 6. The van der Waals surface area contributed by atoms with E-state index in [1.54, 1.807) is 18.2 Å². The molecule has 0 saturated carbocycles. The number of hydrogen-bond donors (Lipinski definition) is 3. The third-order valence-corrected chi connectivity index (χ3v) is 3.97. The van der Waals surface area contributed by atoms with Crippen molar-refractivity contribution < 1.29 is 5.11 Å². The van der Waals surface area contributed by atoms with Gasteiger partial charge in [0.2, 0.25) is 0 Å². The van der Waals surface area contributed by atoms with Crippen LogP contribution in [-0.2, 0) is 0 Å². The highest BCUT2D eigenvalue weighted by Crippen LogP contribution is 2.25. The van der Waals surface area contributed by atoms with Crippen LogP contribution in [0.4, 0.5) is 5.95 Å². The largest absolute Gasteiger partial charge is 0.507 e. The molecular formula is C16H11BrN6O. The van der Waals surface area contributed by atoms with Gasteiger partial charge in [0.05, 0.1) is 6.21 Å². The minimum atomic E-state index is 0.152. The number of phenols is 1. The molecule has 2 aromatic heterocycles. The third-order valence-electron chi connectivity index (χ3n) is 3.48. The summed E-state index contributed by atoms with van der Waals surface area (Å²) in [5.41, 5.74) is 5.56. The molecule has 0 fully saturated rings. The molecule has 0 atom stereocenters. The predicted octanol–water partition coefficient (Wildman–Crippen LogP) is 3.42. The molecule has 4 aromatic rings. The summed E-state index contributed by atoms with van der Waals surface area (Å²) in [6.07, 6.45) is 1.49. The number of aromatic nitrogens is 4. The molecule has 0 radical (unpaired) electrons. The standard InChI is InChI=1S/C16H11BrN6O/c17-10-5-6-12-11(7-10)14-15(19-12)20-16(23-21-14)22-18-8-9-3-1-2-4-13(9)24/h1-8,24H,(H2,19,20,22,23)/b18-8-. The lowest BCUT2D eigenvalue weighted by atomic mass is 10.2.